The highest BCUT2D eigenvalue weighted by molar-refractivity contribution is 9.10. The van der Waals surface area contributed by atoms with Gasteiger partial charge in [-0.1, -0.05) is 30.3 Å². The number of halogens is 1. The first-order valence-corrected chi connectivity index (χ1v) is 8.46. The number of benzene rings is 1. The lowest BCUT2D eigenvalue weighted by molar-refractivity contribution is 0.314. The van der Waals surface area contributed by atoms with Gasteiger partial charge in [0.05, 0.1) is 0 Å². The maximum absolute atomic E-state index is 4.34. The third-order valence-corrected chi connectivity index (χ3v) is 5.63. The van der Waals surface area contributed by atoms with Crippen LogP contribution in [0.25, 0.3) is 0 Å². The molecule has 0 amide bonds. The number of rotatable bonds is 2. The Bertz CT molecular complexity index is 641. The standard InChI is InChI=1S/C18H19BrN2/c19-18-9-20-8-14-6-15-11-21(12-16(15)7-17(14)18)10-13-4-2-1-3-5-13/h1-5,8-9,15-16H,6-7,10-12H2. The van der Waals surface area contributed by atoms with E-state index in [1.165, 1.54) is 47.1 Å². The topological polar surface area (TPSA) is 16.1 Å². The lowest BCUT2D eigenvalue weighted by atomic mass is 9.79. The molecule has 2 unspecified atom stereocenters. The number of hydrogen-bond acceptors (Lipinski definition) is 2. The van der Waals surface area contributed by atoms with Crippen LogP contribution < -0.4 is 0 Å². The summed E-state index contributed by atoms with van der Waals surface area (Å²) in [5.74, 6) is 1.61. The third kappa shape index (κ3) is 2.65. The normalized spacial score (nSPS) is 24.6. The van der Waals surface area contributed by atoms with E-state index in [1.54, 1.807) is 0 Å². The summed E-state index contributed by atoms with van der Waals surface area (Å²) in [6.07, 6.45) is 6.40. The molecule has 108 valence electrons. The maximum Gasteiger partial charge on any atom is 0.0413 e. The molecule has 1 aliphatic heterocycles. The van der Waals surface area contributed by atoms with Crippen molar-refractivity contribution in [3.05, 3.63) is 63.9 Å². The second-order valence-electron chi connectivity index (χ2n) is 6.37. The van der Waals surface area contributed by atoms with Crippen molar-refractivity contribution in [2.75, 3.05) is 13.1 Å². The molecule has 21 heavy (non-hydrogen) atoms. The van der Waals surface area contributed by atoms with Crippen molar-refractivity contribution >= 4 is 15.9 Å². The first-order valence-electron chi connectivity index (χ1n) is 7.67. The fourth-order valence-corrected chi connectivity index (χ4v) is 4.45. The SMILES string of the molecule is Brc1cncc2c1CC1CN(Cc3ccccc3)CC1C2. The van der Waals surface area contributed by atoms with E-state index in [1.807, 2.05) is 6.20 Å². The van der Waals surface area contributed by atoms with Crippen molar-refractivity contribution in [2.24, 2.45) is 11.8 Å². The molecule has 1 aromatic carbocycles. The average molecular weight is 343 g/mol. The van der Waals surface area contributed by atoms with Crippen LogP contribution in [0.1, 0.15) is 16.7 Å². The van der Waals surface area contributed by atoms with E-state index >= 15 is 0 Å². The zero-order valence-electron chi connectivity index (χ0n) is 12.0. The van der Waals surface area contributed by atoms with Crippen LogP contribution in [0.4, 0.5) is 0 Å². The molecule has 1 fully saturated rings. The highest BCUT2D eigenvalue weighted by Crippen LogP contribution is 2.38. The van der Waals surface area contributed by atoms with Gasteiger partial charge >= 0.3 is 0 Å². The van der Waals surface area contributed by atoms with Crippen molar-refractivity contribution in [3.63, 3.8) is 0 Å². The number of fused-ring (bicyclic) bond motifs is 2. The van der Waals surface area contributed by atoms with E-state index in [0.717, 1.165) is 18.4 Å². The summed E-state index contributed by atoms with van der Waals surface area (Å²) in [7, 11) is 0. The molecule has 3 heteroatoms. The van der Waals surface area contributed by atoms with E-state index in [9.17, 15) is 0 Å². The Morgan fingerprint density at radius 1 is 1.05 bits per heavy atom. The van der Waals surface area contributed by atoms with Crippen LogP contribution >= 0.6 is 15.9 Å². The lowest BCUT2D eigenvalue weighted by Crippen LogP contribution is -2.24. The Kier molecular flexibility index (Phi) is 3.56. The minimum Gasteiger partial charge on any atom is -0.298 e. The molecule has 2 nitrogen and oxygen atoms in total. The minimum atomic E-state index is 0.803. The molecule has 0 bridgehead atoms. The Morgan fingerprint density at radius 2 is 1.81 bits per heavy atom. The molecule has 2 aliphatic rings. The predicted molar refractivity (Wildman–Crippen MR) is 88.0 cm³/mol. The van der Waals surface area contributed by atoms with Crippen LogP contribution in [0.5, 0.6) is 0 Å². The van der Waals surface area contributed by atoms with Crippen LogP contribution in [0, 0.1) is 11.8 Å². The van der Waals surface area contributed by atoms with Crippen LogP contribution in [-0.2, 0) is 19.4 Å². The molecule has 0 spiro atoms. The van der Waals surface area contributed by atoms with Gasteiger partial charge in [0.15, 0.2) is 0 Å². The molecule has 4 rings (SSSR count). The third-order valence-electron chi connectivity index (χ3n) is 4.94. The molecular formula is C18H19BrN2. The number of hydrogen-bond donors (Lipinski definition) is 0. The molecule has 0 saturated carbocycles. The molecule has 2 atom stereocenters. The van der Waals surface area contributed by atoms with Crippen LogP contribution in [0.3, 0.4) is 0 Å². The van der Waals surface area contributed by atoms with Crippen molar-refractivity contribution in [1.82, 2.24) is 9.88 Å². The van der Waals surface area contributed by atoms with Crippen molar-refractivity contribution in [2.45, 2.75) is 19.4 Å². The monoisotopic (exact) mass is 342 g/mol. The van der Waals surface area contributed by atoms with Gasteiger partial charge in [-0.15, -0.1) is 0 Å². The molecule has 0 radical (unpaired) electrons. The first kappa shape index (κ1) is 13.5. The zero-order valence-corrected chi connectivity index (χ0v) is 13.6. The van der Waals surface area contributed by atoms with Crippen LogP contribution in [0.2, 0.25) is 0 Å². The molecule has 1 saturated heterocycles. The molecule has 2 aromatic rings. The van der Waals surface area contributed by atoms with E-state index in [2.05, 4.69) is 62.3 Å². The van der Waals surface area contributed by atoms with E-state index in [4.69, 9.17) is 0 Å². The number of aromatic nitrogens is 1. The van der Waals surface area contributed by atoms with Crippen LogP contribution in [-0.4, -0.2) is 23.0 Å². The van der Waals surface area contributed by atoms with Crippen molar-refractivity contribution < 1.29 is 0 Å². The lowest BCUT2D eigenvalue weighted by Gasteiger charge is -2.27. The molecule has 1 aliphatic carbocycles. The largest absolute Gasteiger partial charge is 0.298 e. The van der Waals surface area contributed by atoms with Crippen molar-refractivity contribution in [1.29, 1.82) is 0 Å². The number of likely N-dealkylation sites (tertiary alicyclic amines) is 1. The van der Waals surface area contributed by atoms with Gasteiger partial charge in [0.1, 0.15) is 0 Å². The Balaban J connectivity index is 1.49. The number of nitrogens with zero attached hydrogens (tertiary/aromatic N) is 2. The summed E-state index contributed by atoms with van der Waals surface area (Å²) < 4.78 is 1.19. The highest BCUT2D eigenvalue weighted by atomic mass is 79.9. The van der Waals surface area contributed by atoms with Gasteiger partial charge in [-0.2, -0.15) is 0 Å². The van der Waals surface area contributed by atoms with E-state index in [-0.39, 0.29) is 0 Å². The van der Waals surface area contributed by atoms with Gasteiger partial charge in [0.25, 0.3) is 0 Å². The van der Waals surface area contributed by atoms with Gasteiger partial charge in [0, 0.05) is 36.5 Å². The molecular weight excluding hydrogens is 324 g/mol. The summed E-state index contributed by atoms with van der Waals surface area (Å²) in [6, 6.07) is 10.8. The Morgan fingerprint density at radius 3 is 2.62 bits per heavy atom. The van der Waals surface area contributed by atoms with Crippen molar-refractivity contribution in [3.8, 4) is 0 Å². The maximum atomic E-state index is 4.34. The Labute approximate surface area is 134 Å². The summed E-state index contributed by atoms with van der Waals surface area (Å²) >= 11 is 3.67. The smallest absolute Gasteiger partial charge is 0.0413 e. The quantitative estimate of drug-likeness (QED) is 0.827. The fraction of sp³-hybridized carbons (Fsp3) is 0.389. The van der Waals surface area contributed by atoms with Gasteiger partial charge in [-0.25, -0.2) is 0 Å². The molecule has 0 N–H and O–H groups in total. The van der Waals surface area contributed by atoms with Gasteiger partial charge in [-0.05, 0) is 57.3 Å². The second kappa shape index (κ2) is 5.54. The summed E-state index contributed by atoms with van der Waals surface area (Å²) in [6.45, 7) is 3.54. The second-order valence-corrected chi connectivity index (χ2v) is 7.22. The van der Waals surface area contributed by atoms with Gasteiger partial charge in [-0.3, -0.25) is 9.88 Å². The van der Waals surface area contributed by atoms with Crippen LogP contribution in [0.15, 0.2) is 47.2 Å². The summed E-state index contributed by atoms with van der Waals surface area (Å²) in [5, 5.41) is 0. The average Bonchev–Trinajstić information content (AvgIpc) is 2.88. The summed E-state index contributed by atoms with van der Waals surface area (Å²) in [4.78, 5) is 6.96. The minimum absolute atomic E-state index is 0.803. The number of pyridine rings is 1. The predicted octanol–water partition coefficient (Wildman–Crippen LogP) is 3.69. The van der Waals surface area contributed by atoms with E-state index < -0.39 is 0 Å². The first-order chi connectivity index (χ1) is 10.3. The summed E-state index contributed by atoms with van der Waals surface area (Å²) in [5.41, 5.74) is 4.37. The van der Waals surface area contributed by atoms with Gasteiger partial charge in [0.2, 0.25) is 0 Å². The molecule has 2 heterocycles. The van der Waals surface area contributed by atoms with Gasteiger partial charge < -0.3 is 0 Å². The molecule has 1 aromatic heterocycles. The van der Waals surface area contributed by atoms with E-state index in [0.29, 0.717) is 0 Å². The zero-order chi connectivity index (χ0) is 14.2. The highest BCUT2D eigenvalue weighted by Gasteiger charge is 2.36. The fourth-order valence-electron chi connectivity index (χ4n) is 3.92. The Hall–Kier alpha value is -1.19.